The van der Waals surface area contributed by atoms with E-state index in [2.05, 4.69) is 9.97 Å². The molecule has 0 radical (unpaired) electrons. The molecule has 0 fully saturated rings. The topological polar surface area (TPSA) is 51.8 Å². The van der Waals surface area contributed by atoms with Crippen molar-refractivity contribution in [2.24, 2.45) is 0 Å². The van der Waals surface area contributed by atoms with Crippen LogP contribution in [0.3, 0.4) is 0 Å². The van der Waals surface area contributed by atoms with Crippen LogP contribution in [0.5, 0.6) is 0 Å². The second-order valence-electron chi connectivity index (χ2n) is 3.18. The van der Waals surface area contributed by atoms with Gasteiger partial charge in [-0.2, -0.15) is 0 Å². The van der Waals surface area contributed by atoms with Crippen molar-refractivity contribution in [3.8, 4) is 0 Å². The zero-order valence-corrected chi connectivity index (χ0v) is 11.4. The van der Waals surface area contributed by atoms with Crippen LogP contribution < -0.4 is 5.73 Å². The number of nitrogens with two attached hydrogens (primary N) is 1. The fourth-order valence-electron chi connectivity index (χ4n) is 1.22. The largest absolute Gasteiger partial charge is 0.384 e. The Morgan fingerprint density at radius 1 is 1.24 bits per heavy atom. The van der Waals surface area contributed by atoms with Crippen molar-refractivity contribution in [2.45, 2.75) is 15.1 Å². The molecule has 1 heterocycles. The molecule has 0 saturated heterocycles. The minimum absolute atomic E-state index is 0.480. The van der Waals surface area contributed by atoms with Gasteiger partial charge in [-0.1, -0.05) is 41.2 Å². The SMILES string of the molecule is CSc1nc(N)cc(Sc2cccc(Cl)c2)n1. The number of nitrogens with zero attached hydrogens (tertiary/aromatic N) is 2. The summed E-state index contributed by atoms with van der Waals surface area (Å²) in [7, 11) is 0. The molecule has 2 aromatic rings. The van der Waals surface area contributed by atoms with Crippen LogP contribution in [0.25, 0.3) is 0 Å². The fourth-order valence-corrected chi connectivity index (χ4v) is 2.80. The molecule has 17 heavy (non-hydrogen) atoms. The van der Waals surface area contributed by atoms with Gasteiger partial charge in [0.1, 0.15) is 10.8 Å². The lowest BCUT2D eigenvalue weighted by molar-refractivity contribution is 0.902. The predicted molar refractivity (Wildman–Crippen MR) is 73.8 cm³/mol. The minimum atomic E-state index is 0.480. The van der Waals surface area contributed by atoms with E-state index in [0.29, 0.717) is 16.0 Å². The number of nitrogen functional groups attached to an aromatic ring is 1. The van der Waals surface area contributed by atoms with Crippen molar-refractivity contribution in [3.05, 3.63) is 35.4 Å². The molecule has 0 atom stereocenters. The summed E-state index contributed by atoms with van der Waals surface area (Å²) in [5.74, 6) is 0.480. The predicted octanol–water partition coefficient (Wildman–Crippen LogP) is 3.59. The highest BCUT2D eigenvalue weighted by Crippen LogP contribution is 2.29. The summed E-state index contributed by atoms with van der Waals surface area (Å²) in [6.07, 6.45) is 1.92. The van der Waals surface area contributed by atoms with E-state index in [-0.39, 0.29) is 0 Å². The van der Waals surface area contributed by atoms with Crippen molar-refractivity contribution < 1.29 is 0 Å². The highest BCUT2D eigenvalue weighted by Gasteiger charge is 2.04. The molecule has 0 aliphatic heterocycles. The summed E-state index contributed by atoms with van der Waals surface area (Å²) in [5.41, 5.74) is 5.71. The van der Waals surface area contributed by atoms with E-state index >= 15 is 0 Å². The highest BCUT2D eigenvalue weighted by atomic mass is 35.5. The number of hydrogen-bond acceptors (Lipinski definition) is 5. The number of hydrogen-bond donors (Lipinski definition) is 1. The van der Waals surface area contributed by atoms with E-state index in [1.54, 1.807) is 6.07 Å². The van der Waals surface area contributed by atoms with Gasteiger partial charge in [-0.3, -0.25) is 0 Å². The van der Waals surface area contributed by atoms with E-state index in [4.69, 9.17) is 17.3 Å². The number of thioether (sulfide) groups is 1. The van der Waals surface area contributed by atoms with Crippen molar-refractivity contribution in [1.29, 1.82) is 0 Å². The molecule has 6 heteroatoms. The molecule has 0 spiro atoms. The van der Waals surface area contributed by atoms with Gasteiger partial charge in [0.15, 0.2) is 5.16 Å². The lowest BCUT2D eigenvalue weighted by atomic mass is 10.4. The van der Waals surface area contributed by atoms with Crippen LogP contribution in [0.4, 0.5) is 5.82 Å². The van der Waals surface area contributed by atoms with Gasteiger partial charge in [-0.05, 0) is 24.5 Å². The van der Waals surface area contributed by atoms with Gasteiger partial charge in [-0.25, -0.2) is 9.97 Å². The van der Waals surface area contributed by atoms with E-state index in [9.17, 15) is 0 Å². The first-order chi connectivity index (χ1) is 8.17. The lowest BCUT2D eigenvalue weighted by Crippen LogP contribution is -1.95. The zero-order chi connectivity index (χ0) is 12.3. The van der Waals surface area contributed by atoms with Gasteiger partial charge in [0, 0.05) is 16.0 Å². The standard InChI is InChI=1S/C11H10ClN3S2/c1-16-11-14-9(13)6-10(15-11)17-8-4-2-3-7(12)5-8/h2-6H,1H3,(H2,13,14,15). The smallest absolute Gasteiger partial charge is 0.190 e. The monoisotopic (exact) mass is 283 g/mol. The van der Waals surface area contributed by atoms with Crippen molar-refractivity contribution in [2.75, 3.05) is 12.0 Å². The first-order valence-electron chi connectivity index (χ1n) is 4.79. The first kappa shape index (κ1) is 12.5. The fraction of sp³-hybridized carbons (Fsp3) is 0.0909. The van der Waals surface area contributed by atoms with Crippen LogP contribution >= 0.6 is 35.1 Å². The van der Waals surface area contributed by atoms with Gasteiger partial charge in [0.2, 0.25) is 0 Å². The third kappa shape index (κ3) is 3.52. The van der Waals surface area contributed by atoms with E-state index < -0.39 is 0 Å². The maximum atomic E-state index is 5.93. The highest BCUT2D eigenvalue weighted by molar-refractivity contribution is 7.99. The summed E-state index contributed by atoms with van der Waals surface area (Å²) in [4.78, 5) is 9.50. The van der Waals surface area contributed by atoms with Gasteiger partial charge in [-0.15, -0.1) is 0 Å². The number of rotatable bonds is 3. The van der Waals surface area contributed by atoms with Crippen LogP contribution in [0, 0.1) is 0 Å². The molecule has 0 unspecified atom stereocenters. The van der Waals surface area contributed by atoms with Crippen LogP contribution in [0.1, 0.15) is 0 Å². The van der Waals surface area contributed by atoms with Crippen molar-refractivity contribution in [1.82, 2.24) is 9.97 Å². The zero-order valence-electron chi connectivity index (χ0n) is 9.05. The Kier molecular flexibility index (Phi) is 4.15. The third-order valence-corrected chi connectivity index (χ3v) is 3.59. The van der Waals surface area contributed by atoms with E-state index in [1.807, 2.05) is 30.5 Å². The number of aromatic nitrogens is 2. The first-order valence-corrected chi connectivity index (χ1v) is 7.21. The number of benzene rings is 1. The Balaban J connectivity index is 2.26. The molecule has 0 amide bonds. The van der Waals surface area contributed by atoms with Crippen LogP contribution in [-0.2, 0) is 0 Å². The molecule has 0 saturated carbocycles. The molecule has 2 rings (SSSR count). The number of halogens is 1. The molecule has 88 valence electrons. The summed E-state index contributed by atoms with van der Waals surface area (Å²) in [6.45, 7) is 0. The summed E-state index contributed by atoms with van der Waals surface area (Å²) in [6, 6.07) is 9.38. The second kappa shape index (κ2) is 5.62. The Hall–Kier alpha value is -0.910. The van der Waals surface area contributed by atoms with E-state index in [1.165, 1.54) is 23.5 Å². The molecule has 0 bridgehead atoms. The molecule has 1 aromatic carbocycles. The number of anilines is 1. The molecular weight excluding hydrogens is 274 g/mol. The molecule has 3 nitrogen and oxygen atoms in total. The van der Waals surface area contributed by atoms with Crippen molar-refractivity contribution in [3.63, 3.8) is 0 Å². The Labute approximate surface area is 113 Å². The average Bonchev–Trinajstić information content (AvgIpc) is 2.28. The van der Waals surface area contributed by atoms with Crippen molar-refractivity contribution >= 4 is 40.9 Å². The van der Waals surface area contributed by atoms with Gasteiger partial charge in [0.25, 0.3) is 0 Å². The molecule has 0 aliphatic carbocycles. The molecule has 0 aliphatic rings. The maximum absolute atomic E-state index is 5.93. The average molecular weight is 284 g/mol. The lowest BCUT2D eigenvalue weighted by Gasteiger charge is -2.04. The maximum Gasteiger partial charge on any atom is 0.190 e. The Morgan fingerprint density at radius 2 is 2.06 bits per heavy atom. The van der Waals surface area contributed by atoms with Gasteiger partial charge < -0.3 is 5.73 Å². The molecule has 2 N–H and O–H groups in total. The summed E-state index contributed by atoms with van der Waals surface area (Å²) in [5, 5.41) is 2.21. The minimum Gasteiger partial charge on any atom is -0.384 e. The van der Waals surface area contributed by atoms with Gasteiger partial charge in [0.05, 0.1) is 0 Å². The Bertz CT molecular complexity index is 534. The van der Waals surface area contributed by atoms with E-state index in [0.717, 1.165) is 9.92 Å². The van der Waals surface area contributed by atoms with Crippen LogP contribution in [-0.4, -0.2) is 16.2 Å². The van der Waals surface area contributed by atoms with Crippen LogP contribution in [0.15, 0.2) is 45.4 Å². The summed E-state index contributed by atoms with van der Waals surface area (Å²) < 4.78 is 0. The molecular formula is C11H10ClN3S2. The van der Waals surface area contributed by atoms with Gasteiger partial charge >= 0.3 is 0 Å². The third-order valence-electron chi connectivity index (χ3n) is 1.90. The second-order valence-corrected chi connectivity index (χ2v) is 5.48. The normalized spacial score (nSPS) is 10.5. The molecule has 1 aromatic heterocycles. The summed E-state index contributed by atoms with van der Waals surface area (Å²) >= 11 is 8.91. The Morgan fingerprint density at radius 3 is 2.76 bits per heavy atom. The quantitative estimate of drug-likeness (QED) is 0.530. The van der Waals surface area contributed by atoms with Crippen LogP contribution in [0.2, 0.25) is 5.02 Å².